The summed E-state index contributed by atoms with van der Waals surface area (Å²) < 4.78 is 0. The first-order valence-corrected chi connectivity index (χ1v) is 12.1. The summed E-state index contributed by atoms with van der Waals surface area (Å²) in [6.07, 6.45) is 8.50. The maximum Gasteiger partial charge on any atom is 0.325 e. The number of benzene rings is 1. The molecule has 2 aliphatic heterocycles. The molecule has 32 heavy (non-hydrogen) atoms. The van der Waals surface area contributed by atoms with Crippen molar-refractivity contribution in [2.45, 2.75) is 42.2 Å². The summed E-state index contributed by atoms with van der Waals surface area (Å²) in [4.78, 5) is 27.1. The minimum Gasteiger partial charge on any atom is -0.356 e. The largest absolute Gasteiger partial charge is 0.356 e. The fraction of sp³-hybridized carbons (Fsp3) is 0.435. The van der Waals surface area contributed by atoms with E-state index >= 15 is 0 Å². The minimum absolute atomic E-state index is 0.00348. The summed E-state index contributed by atoms with van der Waals surface area (Å²) >= 11 is 3.79. The number of halogens is 1. The standard InChI is InChI=1S/C23H26BrN7O/c1-29-11-12-30(22(29)32)19-7-10-25-21(27-19)28-23(8-9-23)18-14-31(20(24)26-18)17-4-2-3-16(13-17)15-5-6-15/h2-4,7,10,13-15,20,26H,5-6,8-9,11-12H2,1H3,(H,25,27,28). The highest BCUT2D eigenvalue weighted by molar-refractivity contribution is 9.09. The third kappa shape index (κ3) is 3.48. The average Bonchev–Trinajstić information content (AvgIpc) is 3.72. The highest BCUT2D eigenvalue weighted by Crippen LogP contribution is 2.47. The second-order valence-corrected chi connectivity index (χ2v) is 9.97. The van der Waals surface area contributed by atoms with Crippen molar-refractivity contribution in [3.63, 3.8) is 0 Å². The van der Waals surface area contributed by atoms with Gasteiger partial charge in [0.25, 0.3) is 0 Å². The number of aromatic nitrogens is 2. The van der Waals surface area contributed by atoms with Gasteiger partial charge in [0.1, 0.15) is 5.82 Å². The molecule has 2 saturated carbocycles. The third-order valence-corrected chi connectivity index (χ3v) is 7.42. The summed E-state index contributed by atoms with van der Waals surface area (Å²) in [5.74, 6) is 1.91. The van der Waals surface area contributed by atoms with E-state index < -0.39 is 0 Å². The summed E-state index contributed by atoms with van der Waals surface area (Å²) in [6.45, 7) is 1.35. The van der Waals surface area contributed by atoms with Crippen LogP contribution < -0.4 is 20.4 Å². The summed E-state index contributed by atoms with van der Waals surface area (Å²) in [5.41, 5.74) is 3.53. The summed E-state index contributed by atoms with van der Waals surface area (Å²) in [6, 6.07) is 10.6. The molecule has 0 radical (unpaired) electrons. The van der Waals surface area contributed by atoms with Gasteiger partial charge in [-0.05, 0) is 71.3 Å². The lowest BCUT2D eigenvalue weighted by Crippen LogP contribution is -2.36. The van der Waals surface area contributed by atoms with Gasteiger partial charge in [-0.2, -0.15) is 4.98 Å². The van der Waals surface area contributed by atoms with E-state index in [0.717, 1.165) is 24.5 Å². The normalized spacial score (nSPS) is 23.9. The molecule has 2 amide bonds. The molecule has 1 aromatic carbocycles. The lowest BCUT2D eigenvalue weighted by atomic mass is 10.1. The quantitative estimate of drug-likeness (QED) is 0.468. The first-order chi connectivity index (χ1) is 15.5. The molecular weight excluding hydrogens is 470 g/mol. The van der Waals surface area contributed by atoms with Gasteiger partial charge >= 0.3 is 6.03 Å². The first kappa shape index (κ1) is 19.8. The maximum atomic E-state index is 12.3. The van der Waals surface area contributed by atoms with E-state index in [0.29, 0.717) is 24.9 Å². The molecule has 2 aliphatic carbocycles. The van der Waals surface area contributed by atoms with Gasteiger partial charge in [-0.15, -0.1) is 0 Å². The number of rotatable bonds is 6. The number of anilines is 3. The molecular formula is C23H26BrN7O. The van der Waals surface area contributed by atoms with E-state index in [1.54, 1.807) is 22.1 Å². The second kappa shape index (κ2) is 7.37. The van der Waals surface area contributed by atoms with E-state index in [1.807, 2.05) is 7.05 Å². The van der Waals surface area contributed by atoms with E-state index in [9.17, 15) is 4.79 Å². The maximum absolute atomic E-state index is 12.3. The summed E-state index contributed by atoms with van der Waals surface area (Å²) in [7, 11) is 1.81. The Morgan fingerprint density at radius 3 is 2.78 bits per heavy atom. The lowest BCUT2D eigenvalue weighted by Gasteiger charge is -2.22. The topological polar surface area (TPSA) is 76.6 Å². The Morgan fingerprint density at radius 2 is 2.06 bits per heavy atom. The highest BCUT2D eigenvalue weighted by Gasteiger charge is 2.50. The Bertz CT molecular complexity index is 1100. The van der Waals surface area contributed by atoms with Crippen molar-refractivity contribution in [3.8, 4) is 0 Å². The molecule has 1 saturated heterocycles. The Kier molecular flexibility index (Phi) is 4.57. The Morgan fingerprint density at radius 1 is 1.22 bits per heavy atom. The van der Waals surface area contributed by atoms with Crippen molar-refractivity contribution in [1.82, 2.24) is 20.2 Å². The first-order valence-electron chi connectivity index (χ1n) is 11.2. The van der Waals surface area contributed by atoms with Crippen molar-refractivity contribution in [2.24, 2.45) is 0 Å². The van der Waals surface area contributed by atoms with E-state index in [1.165, 1.54) is 24.1 Å². The molecule has 0 spiro atoms. The number of amides is 2. The van der Waals surface area contributed by atoms with Gasteiger partial charge in [0.15, 0.2) is 5.08 Å². The van der Waals surface area contributed by atoms with Crippen LogP contribution in [0.2, 0.25) is 0 Å². The van der Waals surface area contributed by atoms with Crippen molar-refractivity contribution in [2.75, 3.05) is 35.3 Å². The Balaban J connectivity index is 1.22. The Labute approximate surface area is 195 Å². The highest BCUT2D eigenvalue weighted by atomic mass is 79.9. The van der Waals surface area contributed by atoms with Crippen LogP contribution in [0.4, 0.5) is 22.2 Å². The monoisotopic (exact) mass is 495 g/mol. The Hall–Kier alpha value is -2.81. The number of carbonyl (C=O) groups excluding carboxylic acids is 1. The van der Waals surface area contributed by atoms with Crippen LogP contribution in [0.5, 0.6) is 0 Å². The van der Waals surface area contributed by atoms with Gasteiger partial charge in [0, 0.05) is 38.2 Å². The van der Waals surface area contributed by atoms with Gasteiger partial charge in [-0.3, -0.25) is 4.90 Å². The van der Waals surface area contributed by atoms with Crippen molar-refractivity contribution < 1.29 is 4.79 Å². The SMILES string of the molecule is CN1CCN(c2ccnc(NC3(C4=CN(c5cccc(C6CC6)c5)C(Br)N4)CC3)n2)C1=O. The van der Waals surface area contributed by atoms with Crippen LogP contribution in [-0.2, 0) is 0 Å². The van der Waals surface area contributed by atoms with Gasteiger partial charge < -0.3 is 20.4 Å². The average molecular weight is 496 g/mol. The zero-order valence-corrected chi connectivity index (χ0v) is 19.5. The van der Waals surface area contributed by atoms with E-state index in [-0.39, 0.29) is 16.6 Å². The zero-order chi connectivity index (χ0) is 21.9. The van der Waals surface area contributed by atoms with Crippen LogP contribution in [0.1, 0.15) is 37.2 Å². The predicted molar refractivity (Wildman–Crippen MR) is 128 cm³/mol. The predicted octanol–water partition coefficient (Wildman–Crippen LogP) is 3.80. The van der Waals surface area contributed by atoms with Crippen molar-refractivity contribution >= 4 is 39.4 Å². The molecule has 9 heteroatoms. The van der Waals surface area contributed by atoms with Gasteiger partial charge in [0.2, 0.25) is 5.95 Å². The molecule has 2 N–H and O–H groups in total. The molecule has 0 bridgehead atoms. The van der Waals surface area contributed by atoms with Gasteiger partial charge in [-0.25, -0.2) is 9.78 Å². The number of nitrogens with one attached hydrogen (secondary N) is 2. The van der Waals surface area contributed by atoms with Gasteiger partial charge in [-0.1, -0.05) is 12.1 Å². The molecule has 3 heterocycles. The summed E-state index contributed by atoms with van der Waals surface area (Å²) in [5, 5.41) is 7.12. The number of urea groups is 1. The van der Waals surface area contributed by atoms with Crippen LogP contribution >= 0.6 is 15.9 Å². The zero-order valence-electron chi connectivity index (χ0n) is 18.0. The fourth-order valence-corrected chi connectivity index (χ4v) is 5.08. The van der Waals surface area contributed by atoms with E-state index in [4.69, 9.17) is 0 Å². The fourth-order valence-electron chi connectivity index (χ4n) is 4.48. The van der Waals surface area contributed by atoms with Crippen molar-refractivity contribution in [3.05, 3.63) is 54.0 Å². The molecule has 1 aromatic heterocycles. The molecule has 166 valence electrons. The van der Waals surface area contributed by atoms with Crippen LogP contribution in [0.15, 0.2) is 48.4 Å². The molecule has 1 atom stereocenters. The van der Waals surface area contributed by atoms with Crippen LogP contribution in [0.25, 0.3) is 0 Å². The van der Waals surface area contributed by atoms with Crippen LogP contribution in [0, 0.1) is 0 Å². The molecule has 3 fully saturated rings. The molecule has 6 rings (SSSR count). The smallest absolute Gasteiger partial charge is 0.325 e. The molecule has 8 nitrogen and oxygen atoms in total. The molecule has 2 aromatic rings. The lowest BCUT2D eigenvalue weighted by molar-refractivity contribution is 0.229. The van der Waals surface area contributed by atoms with Crippen LogP contribution in [-0.4, -0.2) is 51.7 Å². The second-order valence-electron chi connectivity index (χ2n) is 9.10. The number of hydrogen-bond acceptors (Lipinski definition) is 6. The molecule has 1 unspecified atom stereocenters. The molecule has 4 aliphatic rings. The minimum atomic E-state index is -0.209. The van der Waals surface area contributed by atoms with E-state index in [2.05, 4.69) is 71.9 Å². The van der Waals surface area contributed by atoms with Crippen LogP contribution in [0.3, 0.4) is 0 Å². The van der Waals surface area contributed by atoms with Gasteiger partial charge in [0.05, 0.1) is 11.2 Å². The number of hydrogen-bond donors (Lipinski definition) is 2. The van der Waals surface area contributed by atoms with Crippen molar-refractivity contribution in [1.29, 1.82) is 0 Å². The number of alkyl halides is 1. The number of likely N-dealkylation sites (N-methyl/N-ethyl adjacent to an activating group) is 1. The third-order valence-electron chi connectivity index (χ3n) is 6.75. The number of carbonyl (C=O) groups is 1. The number of nitrogens with zero attached hydrogens (tertiary/aromatic N) is 5.